The lowest BCUT2D eigenvalue weighted by Crippen LogP contribution is -2.10. The molecular weight excluding hydrogens is 637 g/mol. The van der Waals surface area contributed by atoms with Crippen molar-refractivity contribution in [1.29, 1.82) is 0 Å². The molecule has 0 saturated heterocycles. The van der Waals surface area contributed by atoms with Gasteiger partial charge in [-0.15, -0.1) is 11.3 Å². The van der Waals surface area contributed by atoms with Gasteiger partial charge in [-0.1, -0.05) is 127 Å². The predicted octanol–water partition coefficient (Wildman–Crippen LogP) is 14.0. The lowest BCUT2D eigenvalue weighted by molar-refractivity contribution is 1.18. The molecule has 2 nitrogen and oxygen atoms in total. The maximum absolute atomic E-state index is 2.44. The van der Waals surface area contributed by atoms with Crippen LogP contribution in [0.25, 0.3) is 69.9 Å². The summed E-state index contributed by atoms with van der Waals surface area (Å²) in [7, 11) is 0. The fourth-order valence-corrected chi connectivity index (χ4v) is 8.70. The Balaban J connectivity index is 1.20. The molecule has 0 spiro atoms. The third kappa shape index (κ3) is 5.01. The number of hydrogen-bond acceptors (Lipinski definition) is 2. The molecule has 0 amide bonds. The summed E-state index contributed by atoms with van der Waals surface area (Å²) in [6.07, 6.45) is 0. The number of thiophene rings is 1. The van der Waals surface area contributed by atoms with Crippen LogP contribution in [-0.4, -0.2) is 4.57 Å². The molecule has 0 bridgehead atoms. The number of rotatable bonds is 6. The summed E-state index contributed by atoms with van der Waals surface area (Å²) in [5, 5.41) is 5.03. The number of benzene rings is 8. The molecule has 0 fully saturated rings. The summed E-state index contributed by atoms with van der Waals surface area (Å²) in [4.78, 5) is 2.44. The van der Waals surface area contributed by atoms with Gasteiger partial charge in [0.2, 0.25) is 0 Å². The zero-order chi connectivity index (χ0) is 33.7. The second-order valence-electron chi connectivity index (χ2n) is 13.0. The van der Waals surface area contributed by atoms with Crippen LogP contribution in [0, 0.1) is 0 Å². The van der Waals surface area contributed by atoms with Crippen LogP contribution >= 0.6 is 11.3 Å². The van der Waals surface area contributed by atoms with E-state index in [9.17, 15) is 0 Å². The van der Waals surface area contributed by atoms with Crippen molar-refractivity contribution in [2.45, 2.75) is 0 Å². The minimum atomic E-state index is 1.12. The molecule has 8 aromatic carbocycles. The Kier molecular flexibility index (Phi) is 7.04. The molecule has 0 N–H and O–H groups in total. The summed E-state index contributed by atoms with van der Waals surface area (Å²) in [5.74, 6) is 0. The van der Waals surface area contributed by atoms with Crippen LogP contribution in [0.3, 0.4) is 0 Å². The van der Waals surface area contributed by atoms with E-state index in [1.54, 1.807) is 0 Å². The second kappa shape index (κ2) is 12.2. The monoisotopic (exact) mass is 668 g/mol. The SMILES string of the molecule is c1ccc(-c2ccc(N(c3ccc4sc5ccccc5c4c3)c3cccc4c3c3ccccc3n4-c3ccc(-c4ccccc4)cc3)cc2)cc1. The van der Waals surface area contributed by atoms with Crippen LogP contribution in [0.5, 0.6) is 0 Å². The van der Waals surface area contributed by atoms with Crippen LogP contribution < -0.4 is 4.90 Å². The van der Waals surface area contributed by atoms with Crippen LogP contribution in [0.1, 0.15) is 0 Å². The summed E-state index contributed by atoms with van der Waals surface area (Å²) >= 11 is 1.86. The summed E-state index contributed by atoms with van der Waals surface area (Å²) in [6.45, 7) is 0. The van der Waals surface area contributed by atoms with E-state index in [-0.39, 0.29) is 0 Å². The number of para-hydroxylation sites is 1. The van der Waals surface area contributed by atoms with Gasteiger partial charge in [0.25, 0.3) is 0 Å². The van der Waals surface area contributed by atoms with E-state index in [0.29, 0.717) is 0 Å². The fourth-order valence-electron chi connectivity index (χ4n) is 7.61. The van der Waals surface area contributed by atoms with Gasteiger partial charge >= 0.3 is 0 Å². The first kappa shape index (κ1) is 29.5. The van der Waals surface area contributed by atoms with E-state index in [0.717, 1.165) is 22.7 Å². The average Bonchev–Trinajstić information content (AvgIpc) is 3.75. The zero-order valence-corrected chi connectivity index (χ0v) is 28.6. The van der Waals surface area contributed by atoms with Gasteiger partial charge in [-0.25, -0.2) is 0 Å². The fraction of sp³-hybridized carbons (Fsp3) is 0. The number of aromatic nitrogens is 1. The van der Waals surface area contributed by atoms with E-state index < -0.39 is 0 Å². The van der Waals surface area contributed by atoms with Crippen molar-refractivity contribution in [1.82, 2.24) is 4.57 Å². The number of fused-ring (bicyclic) bond motifs is 6. The third-order valence-corrected chi connectivity index (χ3v) is 11.2. The molecule has 0 unspecified atom stereocenters. The Labute approximate surface area is 300 Å². The van der Waals surface area contributed by atoms with Crippen molar-refractivity contribution in [2.75, 3.05) is 4.90 Å². The largest absolute Gasteiger partial charge is 0.310 e. The number of anilines is 3. The van der Waals surface area contributed by atoms with Crippen LogP contribution in [0.4, 0.5) is 17.1 Å². The van der Waals surface area contributed by atoms with Gasteiger partial charge < -0.3 is 9.47 Å². The van der Waals surface area contributed by atoms with Gasteiger partial charge in [-0.2, -0.15) is 0 Å². The van der Waals surface area contributed by atoms with Gasteiger partial charge in [-0.3, -0.25) is 0 Å². The van der Waals surface area contributed by atoms with Gasteiger partial charge in [0.05, 0.1) is 16.7 Å². The summed E-state index contributed by atoms with van der Waals surface area (Å²) in [6, 6.07) is 70.4. The molecular formula is C48H32N2S. The molecule has 0 aliphatic heterocycles. The highest BCUT2D eigenvalue weighted by atomic mass is 32.1. The molecule has 0 radical (unpaired) electrons. The number of nitrogens with zero attached hydrogens (tertiary/aromatic N) is 2. The number of hydrogen-bond donors (Lipinski definition) is 0. The Bertz CT molecular complexity index is 2830. The van der Waals surface area contributed by atoms with E-state index >= 15 is 0 Å². The Hall–Kier alpha value is -6.42. The van der Waals surface area contributed by atoms with Crippen molar-refractivity contribution in [2.24, 2.45) is 0 Å². The van der Waals surface area contributed by atoms with Gasteiger partial charge in [0.15, 0.2) is 0 Å². The smallest absolute Gasteiger partial charge is 0.0562 e. The minimum Gasteiger partial charge on any atom is -0.310 e. The van der Waals surface area contributed by atoms with Crippen LogP contribution in [0.15, 0.2) is 194 Å². The molecule has 51 heavy (non-hydrogen) atoms. The Morgan fingerprint density at radius 1 is 0.373 bits per heavy atom. The van der Waals surface area contributed by atoms with E-state index in [4.69, 9.17) is 0 Å². The van der Waals surface area contributed by atoms with Crippen molar-refractivity contribution in [3.05, 3.63) is 194 Å². The molecule has 3 heteroatoms. The first-order valence-electron chi connectivity index (χ1n) is 17.4. The van der Waals surface area contributed by atoms with Gasteiger partial charge in [-0.05, 0) is 89.0 Å². The highest BCUT2D eigenvalue weighted by Crippen LogP contribution is 2.46. The zero-order valence-electron chi connectivity index (χ0n) is 27.8. The molecule has 2 aromatic heterocycles. The highest BCUT2D eigenvalue weighted by molar-refractivity contribution is 7.25. The molecule has 0 saturated carbocycles. The van der Waals surface area contributed by atoms with E-state index in [1.165, 1.54) is 64.2 Å². The van der Waals surface area contributed by atoms with Crippen molar-refractivity contribution < 1.29 is 0 Å². The maximum atomic E-state index is 2.44. The standard InChI is InChI=1S/C48H32N2S/c1-3-12-33(13-4-1)35-22-26-37(27-23-35)49(39-30-31-47-42(32-39)40-16-8-10-21-46(40)51-47)44-19-11-20-45-48(44)41-17-7-9-18-43(41)50(45)38-28-24-36(25-29-38)34-14-5-2-6-15-34/h1-32H. The van der Waals surface area contributed by atoms with E-state index in [1.807, 2.05) is 11.3 Å². The lowest BCUT2D eigenvalue weighted by Gasteiger charge is -2.27. The Morgan fingerprint density at radius 2 is 0.922 bits per heavy atom. The Morgan fingerprint density at radius 3 is 1.65 bits per heavy atom. The van der Waals surface area contributed by atoms with Crippen LogP contribution in [0.2, 0.25) is 0 Å². The first-order valence-corrected chi connectivity index (χ1v) is 18.2. The maximum Gasteiger partial charge on any atom is 0.0562 e. The second-order valence-corrected chi connectivity index (χ2v) is 14.0. The first-order chi connectivity index (χ1) is 25.3. The third-order valence-electron chi connectivity index (χ3n) is 10.0. The summed E-state index contributed by atoms with van der Waals surface area (Å²) < 4.78 is 5.02. The highest BCUT2D eigenvalue weighted by Gasteiger charge is 2.22. The molecule has 0 aliphatic rings. The molecule has 10 aromatic rings. The molecule has 2 heterocycles. The van der Waals surface area contributed by atoms with Crippen molar-refractivity contribution >= 4 is 70.4 Å². The minimum absolute atomic E-state index is 1.12. The van der Waals surface area contributed by atoms with Crippen molar-refractivity contribution in [3.8, 4) is 27.9 Å². The average molecular weight is 669 g/mol. The van der Waals surface area contributed by atoms with Crippen molar-refractivity contribution in [3.63, 3.8) is 0 Å². The quantitative estimate of drug-likeness (QED) is 0.171. The van der Waals surface area contributed by atoms with Crippen LogP contribution in [-0.2, 0) is 0 Å². The van der Waals surface area contributed by atoms with Gasteiger partial charge in [0.1, 0.15) is 0 Å². The molecule has 0 atom stereocenters. The predicted molar refractivity (Wildman–Crippen MR) is 219 cm³/mol. The van der Waals surface area contributed by atoms with Gasteiger partial charge in [0, 0.05) is 48.0 Å². The van der Waals surface area contributed by atoms with E-state index in [2.05, 4.69) is 204 Å². The summed E-state index contributed by atoms with van der Waals surface area (Å²) in [5.41, 5.74) is 11.7. The molecule has 0 aliphatic carbocycles. The normalized spacial score (nSPS) is 11.5. The lowest BCUT2D eigenvalue weighted by atomic mass is 10.0. The molecule has 240 valence electrons. The molecule has 10 rings (SSSR count). The topological polar surface area (TPSA) is 8.17 Å².